The standard InChI is InChI=1S/C58H38N2O/c1-3-13-39(14-4-1)41-23-28-48(29-24-41)60-55-21-11-9-19-51(55)53-37-43(26-31-56(53)60)45-33-46(44-27-32-58-54(38-44)52-20-10-12-22-57(52)61-58)36-50(35-45)59(47-17-5-2-6-18-47)49-30-25-40-15-7-8-16-42(40)34-49/h1-38H. The molecule has 0 atom stereocenters. The lowest BCUT2D eigenvalue weighted by Gasteiger charge is -2.27. The number of para-hydroxylation sites is 3. The zero-order chi connectivity index (χ0) is 40.3. The highest BCUT2D eigenvalue weighted by Crippen LogP contribution is 2.43. The molecule has 0 unspecified atom stereocenters. The first-order valence-corrected chi connectivity index (χ1v) is 20.8. The summed E-state index contributed by atoms with van der Waals surface area (Å²) in [6, 6.07) is 83.2. The van der Waals surface area contributed by atoms with E-state index in [0.717, 1.165) is 66.9 Å². The number of hydrogen-bond acceptors (Lipinski definition) is 2. The summed E-state index contributed by atoms with van der Waals surface area (Å²) in [6.45, 7) is 0. The van der Waals surface area contributed by atoms with Crippen LogP contribution in [0.15, 0.2) is 235 Å². The Morgan fingerprint density at radius 2 is 0.885 bits per heavy atom. The van der Waals surface area contributed by atoms with Crippen LogP contribution < -0.4 is 4.90 Å². The Kier molecular flexibility index (Phi) is 8.17. The van der Waals surface area contributed by atoms with E-state index in [1.54, 1.807) is 0 Å². The smallest absolute Gasteiger partial charge is 0.135 e. The van der Waals surface area contributed by atoms with Crippen LogP contribution in [0.5, 0.6) is 0 Å². The predicted octanol–water partition coefficient (Wildman–Crippen LogP) is 16.3. The molecule has 0 fully saturated rings. The lowest BCUT2D eigenvalue weighted by atomic mass is 9.95. The Balaban J connectivity index is 1.06. The fraction of sp³-hybridized carbons (Fsp3) is 0. The van der Waals surface area contributed by atoms with Crippen LogP contribution in [0.4, 0.5) is 17.1 Å². The molecule has 0 saturated carbocycles. The Labute approximate surface area is 353 Å². The van der Waals surface area contributed by atoms with Crippen LogP contribution in [-0.2, 0) is 0 Å². The van der Waals surface area contributed by atoms with Gasteiger partial charge in [-0.25, -0.2) is 0 Å². The molecule has 0 amide bonds. The molecule has 0 spiro atoms. The normalized spacial score (nSPS) is 11.6. The molecule has 0 aliphatic carbocycles. The molecular formula is C58H38N2O. The van der Waals surface area contributed by atoms with E-state index in [-0.39, 0.29) is 0 Å². The quantitative estimate of drug-likeness (QED) is 0.161. The highest BCUT2D eigenvalue weighted by molar-refractivity contribution is 6.11. The SMILES string of the molecule is c1ccc(-c2ccc(-n3c4ccccc4c4cc(-c5cc(-c6ccc7oc8ccccc8c7c6)cc(N(c6ccccc6)c6ccc7ccccc7c6)c5)ccc43)cc2)cc1. The third-order valence-electron chi connectivity index (χ3n) is 12.1. The minimum absolute atomic E-state index is 0.889. The van der Waals surface area contributed by atoms with Crippen LogP contribution in [0, 0.1) is 0 Å². The number of benzene rings is 10. The zero-order valence-corrected chi connectivity index (χ0v) is 33.2. The van der Waals surface area contributed by atoms with Crippen molar-refractivity contribution in [1.82, 2.24) is 4.57 Å². The van der Waals surface area contributed by atoms with Crippen molar-refractivity contribution in [3.8, 4) is 39.1 Å². The minimum Gasteiger partial charge on any atom is -0.456 e. The van der Waals surface area contributed by atoms with E-state index in [2.05, 4.69) is 228 Å². The van der Waals surface area contributed by atoms with Gasteiger partial charge >= 0.3 is 0 Å². The second kappa shape index (κ2) is 14.3. The monoisotopic (exact) mass is 778 g/mol. The summed E-state index contributed by atoms with van der Waals surface area (Å²) in [4.78, 5) is 2.38. The first-order valence-electron chi connectivity index (χ1n) is 20.8. The number of anilines is 3. The Hall–Kier alpha value is -8.14. The average Bonchev–Trinajstić information content (AvgIpc) is 3.87. The van der Waals surface area contributed by atoms with Crippen LogP contribution in [-0.4, -0.2) is 4.57 Å². The molecule has 61 heavy (non-hydrogen) atoms. The van der Waals surface area contributed by atoms with Crippen molar-refractivity contribution in [3.05, 3.63) is 231 Å². The molecule has 3 nitrogen and oxygen atoms in total. The lowest BCUT2D eigenvalue weighted by molar-refractivity contribution is 0.669. The van der Waals surface area contributed by atoms with Gasteiger partial charge in [-0.05, 0) is 135 Å². The van der Waals surface area contributed by atoms with Crippen LogP contribution in [0.1, 0.15) is 0 Å². The van der Waals surface area contributed by atoms with E-state index in [4.69, 9.17) is 4.42 Å². The summed E-state index contributed by atoms with van der Waals surface area (Å²) in [7, 11) is 0. The summed E-state index contributed by atoms with van der Waals surface area (Å²) >= 11 is 0. The first-order chi connectivity index (χ1) is 30.2. The number of nitrogens with zero attached hydrogens (tertiary/aromatic N) is 2. The summed E-state index contributed by atoms with van der Waals surface area (Å²) < 4.78 is 8.67. The van der Waals surface area contributed by atoms with Gasteiger partial charge in [-0.1, -0.05) is 140 Å². The van der Waals surface area contributed by atoms with Gasteiger partial charge in [-0.15, -0.1) is 0 Å². The number of furan rings is 1. The Morgan fingerprint density at radius 1 is 0.295 bits per heavy atom. The number of fused-ring (bicyclic) bond motifs is 7. The molecule has 2 heterocycles. The first kappa shape index (κ1) is 34.9. The molecule has 0 radical (unpaired) electrons. The maximum atomic E-state index is 6.27. The molecular weight excluding hydrogens is 741 g/mol. The fourth-order valence-corrected chi connectivity index (χ4v) is 9.18. The summed E-state index contributed by atoms with van der Waals surface area (Å²) in [5, 5.41) is 7.09. The molecule has 3 heteroatoms. The van der Waals surface area contributed by atoms with Crippen LogP contribution in [0.25, 0.3) is 93.6 Å². The van der Waals surface area contributed by atoms with Gasteiger partial charge in [0.25, 0.3) is 0 Å². The van der Waals surface area contributed by atoms with Crippen LogP contribution in [0.3, 0.4) is 0 Å². The molecule has 0 saturated heterocycles. The van der Waals surface area contributed by atoms with E-state index in [0.29, 0.717) is 0 Å². The second-order valence-electron chi connectivity index (χ2n) is 15.8. The van der Waals surface area contributed by atoms with Crippen molar-refractivity contribution in [3.63, 3.8) is 0 Å². The summed E-state index contributed by atoms with van der Waals surface area (Å²) in [6.07, 6.45) is 0. The zero-order valence-electron chi connectivity index (χ0n) is 33.2. The Bertz CT molecular complexity index is 3580. The number of aromatic nitrogens is 1. The molecule has 286 valence electrons. The van der Waals surface area contributed by atoms with Gasteiger partial charge in [0.05, 0.1) is 11.0 Å². The van der Waals surface area contributed by atoms with Gasteiger partial charge in [0, 0.05) is 44.3 Å². The van der Waals surface area contributed by atoms with E-state index in [9.17, 15) is 0 Å². The van der Waals surface area contributed by atoms with Gasteiger partial charge < -0.3 is 13.9 Å². The van der Waals surface area contributed by atoms with Crippen molar-refractivity contribution < 1.29 is 4.42 Å². The van der Waals surface area contributed by atoms with Crippen molar-refractivity contribution in [2.45, 2.75) is 0 Å². The largest absolute Gasteiger partial charge is 0.456 e. The summed E-state index contributed by atoms with van der Waals surface area (Å²) in [5.74, 6) is 0. The fourth-order valence-electron chi connectivity index (χ4n) is 9.18. The van der Waals surface area contributed by atoms with Crippen LogP contribution in [0.2, 0.25) is 0 Å². The van der Waals surface area contributed by atoms with Crippen molar-refractivity contribution in [1.29, 1.82) is 0 Å². The maximum absolute atomic E-state index is 6.27. The van der Waals surface area contributed by atoms with Crippen molar-refractivity contribution >= 4 is 71.6 Å². The van der Waals surface area contributed by atoms with E-state index in [1.807, 2.05) is 12.1 Å². The molecule has 0 N–H and O–H groups in total. The van der Waals surface area contributed by atoms with Gasteiger partial charge in [0.2, 0.25) is 0 Å². The molecule has 0 aliphatic rings. The third kappa shape index (κ3) is 6.06. The van der Waals surface area contributed by atoms with Gasteiger partial charge in [0.15, 0.2) is 0 Å². The topological polar surface area (TPSA) is 21.3 Å². The third-order valence-corrected chi connectivity index (χ3v) is 12.1. The molecule has 10 aromatic carbocycles. The molecule has 0 bridgehead atoms. The van der Waals surface area contributed by atoms with Crippen LogP contribution >= 0.6 is 0 Å². The van der Waals surface area contributed by atoms with Gasteiger partial charge in [-0.3, -0.25) is 0 Å². The predicted molar refractivity (Wildman–Crippen MR) is 257 cm³/mol. The molecule has 12 rings (SSSR count). The number of rotatable bonds is 7. The number of hydrogen-bond donors (Lipinski definition) is 0. The molecule has 2 aromatic heterocycles. The van der Waals surface area contributed by atoms with E-state index >= 15 is 0 Å². The average molecular weight is 779 g/mol. The highest BCUT2D eigenvalue weighted by atomic mass is 16.3. The maximum Gasteiger partial charge on any atom is 0.135 e. The lowest BCUT2D eigenvalue weighted by Crippen LogP contribution is -2.10. The van der Waals surface area contributed by atoms with Crippen molar-refractivity contribution in [2.24, 2.45) is 0 Å². The van der Waals surface area contributed by atoms with E-state index in [1.165, 1.54) is 43.7 Å². The molecule has 0 aliphatic heterocycles. The Morgan fingerprint density at radius 3 is 1.69 bits per heavy atom. The van der Waals surface area contributed by atoms with Gasteiger partial charge in [0.1, 0.15) is 11.2 Å². The minimum atomic E-state index is 0.889. The summed E-state index contributed by atoms with van der Waals surface area (Å²) in [5.41, 5.74) is 15.5. The second-order valence-corrected chi connectivity index (χ2v) is 15.8. The molecule has 12 aromatic rings. The highest BCUT2D eigenvalue weighted by Gasteiger charge is 2.19. The van der Waals surface area contributed by atoms with Gasteiger partial charge in [-0.2, -0.15) is 0 Å². The van der Waals surface area contributed by atoms with E-state index < -0.39 is 0 Å². The van der Waals surface area contributed by atoms with Crippen molar-refractivity contribution in [2.75, 3.05) is 4.90 Å².